The van der Waals surface area contributed by atoms with Crippen molar-refractivity contribution in [2.45, 2.75) is 45.6 Å². The number of nitrogens with zero attached hydrogens (tertiary/aromatic N) is 2. The van der Waals surface area contributed by atoms with Crippen LogP contribution in [0.5, 0.6) is 0 Å². The van der Waals surface area contributed by atoms with E-state index in [1.807, 2.05) is 6.20 Å². The third-order valence-corrected chi connectivity index (χ3v) is 3.31. The molecule has 1 aromatic heterocycles. The molecule has 15 heavy (non-hydrogen) atoms. The predicted molar refractivity (Wildman–Crippen MR) is 63.1 cm³/mol. The highest BCUT2D eigenvalue weighted by Crippen LogP contribution is 2.33. The molecule has 1 fully saturated rings. The van der Waals surface area contributed by atoms with Crippen molar-refractivity contribution >= 4 is 5.95 Å². The summed E-state index contributed by atoms with van der Waals surface area (Å²) in [6, 6.07) is 0.658. The lowest BCUT2D eigenvalue weighted by Gasteiger charge is -2.28. The van der Waals surface area contributed by atoms with Crippen molar-refractivity contribution in [2.24, 2.45) is 5.92 Å². The van der Waals surface area contributed by atoms with Crippen LogP contribution in [0.3, 0.4) is 0 Å². The van der Waals surface area contributed by atoms with Gasteiger partial charge in [0, 0.05) is 25.0 Å². The van der Waals surface area contributed by atoms with Gasteiger partial charge in [-0.3, -0.25) is 0 Å². The largest absolute Gasteiger partial charge is 0.356 e. The lowest BCUT2D eigenvalue weighted by molar-refractivity contribution is 0.284. The first-order valence-electron chi connectivity index (χ1n) is 6.08. The minimum atomic E-state index is 0.658. The van der Waals surface area contributed by atoms with Gasteiger partial charge in [-0.25, -0.2) is 4.98 Å². The summed E-state index contributed by atoms with van der Waals surface area (Å²) in [4.78, 5) is 4.36. The van der Waals surface area contributed by atoms with Crippen LogP contribution in [0.25, 0.3) is 0 Å². The molecular weight excluding hydrogens is 186 g/mol. The minimum Gasteiger partial charge on any atom is -0.356 e. The Morgan fingerprint density at radius 2 is 2.40 bits per heavy atom. The molecule has 0 aliphatic heterocycles. The second-order valence-electron chi connectivity index (χ2n) is 4.61. The maximum absolute atomic E-state index is 4.36. The van der Waals surface area contributed by atoms with Crippen LogP contribution in [0, 0.1) is 5.92 Å². The molecule has 1 aromatic rings. The second kappa shape index (κ2) is 4.69. The zero-order valence-corrected chi connectivity index (χ0v) is 9.74. The van der Waals surface area contributed by atoms with Gasteiger partial charge >= 0.3 is 0 Å². The van der Waals surface area contributed by atoms with E-state index in [4.69, 9.17) is 0 Å². The first-order chi connectivity index (χ1) is 7.31. The standard InChI is InChI=1S/C12H21N3/c1-3-13-12-14-7-8-15(12)11-6-4-5-10(2)9-11/h7-8,10-11H,3-6,9H2,1-2H3,(H,13,14). The Balaban J connectivity index is 2.10. The summed E-state index contributed by atoms with van der Waals surface area (Å²) < 4.78 is 2.32. The Hall–Kier alpha value is -0.990. The van der Waals surface area contributed by atoms with Gasteiger partial charge in [-0.2, -0.15) is 0 Å². The monoisotopic (exact) mass is 207 g/mol. The van der Waals surface area contributed by atoms with Crippen LogP contribution in [-0.4, -0.2) is 16.1 Å². The summed E-state index contributed by atoms with van der Waals surface area (Å²) in [5.74, 6) is 1.90. The van der Waals surface area contributed by atoms with Gasteiger partial charge in [-0.15, -0.1) is 0 Å². The Bertz CT molecular complexity index is 306. The summed E-state index contributed by atoms with van der Waals surface area (Å²) in [6.07, 6.45) is 9.36. The van der Waals surface area contributed by atoms with Crippen molar-refractivity contribution in [2.75, 3.05) is 11.9 Å². The highest BCUT2D eigenvalue weighted by atomic mass is 15.2. The van der Waals surface area contributed by atoms with Crippen molar-refractivity contribution in [3.8, 4) is 0 Å². The second-order valence-corrected chi connectivity index (χ2v) is 4.61. The molecule has 2 atom stereocenters. The van der Waals surface area contributed by atoms with Crippen LogP contribution in [0.2, 0.25) is 0 Å². The van der Waals surface area contributed by atoms with Crippen LogP contribution in [-0.2, 0) is 0 Å². The number of nitrogens with one attached hydrogen (secondary N) is 1. The predicted octanol–water partition coefficient (Wildman–Crippen LogP) is 3.07. The van der Waals surface area contributed by atoms with E-state index >= 15 is 0 Å². The SMILES string of the molecule is CCNc1nccn1C1CCCC(C)C1. The molecule has 2 rings (SSSR count). The van der Waals surface area contributed by atoms with Crippen molar-refractivity contribution in [3.05, 3.63) is 12.4 Å². The van der Waals surface area contributed by atoms with Gasteiger partial charge in [0.15, 0.2) is 0 Å². The molecule has 1 saturated carbocycles. The Morgan fingerprint density at radius 3 is 3.13 bits per heavy atom. The smallest absolute Gasteiger partial charge is 0.203 e. The van der Waals surface area contributed by atoms with E-state index < -0.39 is 0 Å². The van der Waals surface area contributed by atoms with Gasteiger partial charge in [0.2, 0.25) is 5.95 Å². The molecule has 0 saturated heterocycles. The Morgan fingerprint density at radius 1 is 1.53 bits per heavy atom. The van der Waals surface area contributed by atoms with Gasteiger partial charge in [0.25, 0.3) is 0 Å². The summed E-state index contributed by atoms with van der Waals surface area (Å²) in [6.45, 7) is 5.41. The van der Waals surface area contributed by atoms with E-state index in [0.717, 1.165) is 18.4 Å². The Kier molecular flexibility index (Phi) is 3.29. The van der Waals surface area contributed by atoms with Gasteiger partial charge in [-0.05, 0) is 25.7 Å². The lowest BCUT2D eigenvalue weighted by Crippen LogP contribution is -2.19. The number of anilines is 1. The van der Waals surface area contributed by atoms with Gasteiger partial charge < -0.3 is 9.88 Å². The molecule has 0 radical (unpaired) electrons. The zero-order chi connectivity index (χ0) is 10.7. The zero-order valence-electron chi connectivity index (χ0n) is 9.74. The van der Waals surface area contributed by atoms with E-state index in [9.17, 15) is 0 Å². The summed E-state index contributed by atoms with van der Waals surface area (Å²) >= 11 is 0. The van der Waals surface area contributed by atoms with Gasteiger partial charge in [-0.1, -0.05) is 19.8 Å². The number of rotatable bonds is 3. The first-order valence-corrected chi connectivity index (χ1v) is 6.08. The summed E-state index contributed by atoms with van der Waals surface area (Å²) in [5.41, 5.74) is 0. The highest BCUT2D eigenvalue weighted by molar-refractivity contribution is 5.26. The third-order valence-electron chi connectivity index (χ3n) is 3.31. The molecule has 0 bridgehead atoms. The molecule has 0 amide bonds. The molecular formula is C12H21N3. The van der Waals surface area contributed by atoms with Gasteiger partial charge in [0.1, 0.15) is 0 Å². The maximum atomic E-state index is 4.36. The van der Waals surface area contributed by atoms with Crippen LogP contribution >= 0.6 is 0 Å². The number of hydrogen-bond acceptors (Lipinski definition) is 2. The van der Waals surface area contributed by atoms with Crippen molar-refractivity contribution in [1.82, 2.24) is 9.55 Å². The number of aromatic nitrogens is 2. The molecule has 0 aromatic carbocycles. The summed E-state index contributed by atoms with van der Waals surface area (Å²) in [5, 5.41) is 3.32. The number of imidazole rings is 1. The fourth-order valence-electron chi connectivity index (χ4n) is 2.56. The molecule has 2 unspecified atom stereocenters. The van der Waals surface area contributed by atoms with Crippen LogP contribution < -0.4 is 5.32 Å². The van der Waals surface area contributed by atoms with E-state index in [1.165, 1.54) is 25.7 Å². The first kappa shape index (κ1) is 10.5. The molecule has 3 nitrogen and oxygen atoms in total. The van der Waals surface area contributed by atoms with E-state index in [0.29, 0.717) is 6.04 Å². The molecule has 0 spiro atoms. The molecule has 1 aliphatic rings. The molecule has 1 aliphatic carbocycles. The van der Waals surface area contributed by atoms with E-state index in [-0.39, 0.29) is 0 Å². The average Bonchev–Trinajstić information content (AvgIpc) is 2.66. The third kappa shape index (κ3) is 2.33. The van der Waals surface area contributed by atoms with Crippen molar-refractivity contribution in [3.63, 3.8) is 0 Å². The molecule has 3 heteroatoms. The van der Waals surface area contributed by atoms with Crippen molar-refractivity contribution < 1.29 is 0 Å². The van der Waals surface area contributed by atoms with Crippen LogP contribution in [0.15, 0.2) is 12.4 Å². The highest BCUT2D eigenvalue weighted by Gasteiger charge is 2.21. The Labute approximate surface area is 91.9 Å². The molecule has 1 N–H and O–H groups in total. The average molecular weight is 207 g/mol. The number of hydrogen-bond donors (Lipinski definition) is 1. The van der Waals surface area contributed by atoms with E-state index in [1.54, 1.807) is 0 Å². The fourth-order valence-corrected chi connectivity index (χ4v) is 2.56. The maximum Gasteiger partial charge on any atom is 0.203 e. The quantitative estimate of drug-likeness (QED) is 0.825. The summed E-state index contributed by atoms with van der Waals surface area (Å²) in [7, 11) is 0. The fraction of sp³-hybridized carbons (Fsp3) is 0.750. The normalized spacial score (nSPS) is 26.5. The van der Waals surface area contributed by atoms with Crippen molar-refractivity contribution in [1.29, 1.82) is 0 Å². The van der Waals surface area contributed by atoms with E-state index in [2.05, 4.69) is 34.9 Å². The minimum absolute atomic E-state index is 0.658. The topological polar surface area (TPSA) is 29.9 Å². The molecule has 1 heterocycles. The molecule has 84 valence electrons. The van der Waals surface area contributed by atoms with Gasteiger partial charge in [0.05, 0.1) is 0 Å². The lowest BCUT2D eigenvalue weighted by atomic mass is 9.87. The van der Waals surface area contributed by atoms with Crippen LogP contribution in [0.1, 0.15) is 45.6 Å². The van der Waals surface area contributed by atoms with Crippen LogP contribution in [0.4, 0.5) is 5.95 Å².